The summed E-state index contributed by atoms with van der Waals surface area (Å²) in [5.41, 5.74) is 1.19. The molecule has 0 spiro atoms. The van der Waals surface area contributed by atoms with Gasteiger partial charge < -0.3 is 4.90 Å². The molecule has 0 atom stereocenters. The lowest BCUT2D eigenvalue weighted by Gasteiger charge is -2.36. The maximum absolute atomic E-state index is 6.12. The Labute approximate surface area is 151 Å². The molecular formula is C19H30Cl2N2. The van der Waals surface area contributed by atoms with Gasteiger partial charge >= 0.3 is 0 Å². The second-order valence-corrected chi connectivity index (χ2v) is 7.36. The van der Waals surface area contributed by atoms with Crippen LogP contribution in [-0.4, -0.2) is 37.6 Å². The predicted molar refractivity (Wildman–Crippen MR) is 103 cm³/mol. The molecule has 1 heterocycles. The molecule has 0 aromatic heterocycles. The summed E-state index contributed by atoms with van der Waals surface area (Å²) < 4.78 is 0. The smallest absolute Gasteiger partial charge is 0.0612 e. The molecule has 0 unspecified atom stereocenters. The molecule has 2 nitrogen and oxygen atoms in total. The first-order chi connectivity index (χ1) is 11.2. The SMILES string of the molecule is CCCCCCCCCN1CCN(c2ccc(Cl)c(Cl)c2)CC1. The molecule has 1 fully saturated rings. The summed E-state index contributed by atoms with van der Waals surface area (Å²) >= 11 is 12.1. The third-order valence-electron chi connectivity index (χ3n) is 4.72. The lowest BCUT2D eigenvalue weighted by atomic mass is 10.1. The van der Waals surface area contributed by atoms with E-state index < -0.39 is 0 Å². The number of halogens is 2. The topological polar surface area (TPSA) is 6.48 Å². The van der Waals surface area contributed by atoms with Crippen molar-refractivity contribution in [2.24, 2.45) is 0 Å². The van der Waals surface area contributed by atoms with Crippen molar-refractivity contribution in [1.82, 2.24) is 4.90 Å². The Balaban J connectivity index is 1.61. The number of hydrogen-bond acceptors (Lipinski definition) is 2. The van der Waals surface area contributed by atoms with Gasteiger partial charge in [0.05, 0.1) is 10.0 Å². The van der Waals surface area contributed by atoms with Gasteiger partial charge in [-0.05, 0) is 31.2 Å². The van der Waals surface area contributed by atoms with Gasteiger partial charge in [-0.15, -0.1) is 0 Å². The van der Waals surface area contributed by atoms with Crippen LogP contribution in [0.3, 0.4) is 0 Å². The third kappa shape index (κ3) is 6.52. The third-order valence-corrected chi connectivity index (χ3v) is 5.46. The van der Waals surface area contributed by atoms with Crippen molar-refractivity contribution in [2.75, 3.05) is 37.6 Å². The molecular weight excluding hydrogens is 327 g/mol. The van der Waals surface area contributed by atoms with Crippen LogP contribution in [0.1, 0.15) is 51.9 Å². The zero-order valence-corrected chi connectivity index (χ0v) is 15.9. The summed E-state index contributed by atoms with van der Waals surface area (Å²) in [7, 11) is 0. The number of unbranched alkanes of at least 4 members (excludes halogenated alkanes) is 6. The fourth-order valence-electron chi connectivity index (χ4n) is 3.20. The average molecular weight is 357 g/mol. The van der Waals surface area contributed by atoms with Crippen molar-refractivity contribution in [2.45, 2.75) is 51.9 Å². The molecule has 1 aromatic rings. The Morgan fingerprint density at radius 3 is 2.13 bits per heavy atom. The van der Waals surface area contributed by atoms with Gasteiger partial charge in [0.1, 0.15) is 0 Å². The molecule has 0 N–H and O–H groups in total. The fourth-order valence-corrected chi connectivity index (χ4v) is 3.50. The van der Waals surface area contributed by atoms with Crippen LogP contribution >= 0.6 is 23.2 Å². The van der Waals surface area contributed by atoms with E-state index >= 15 is 0 Å². The summed E-state index contributed by atoms with van der Waals surface area (Å²) in [5.74, 6) is 0. The average Bonchev–Trinajstić information content (AvgIpc) is 2.57. The Hall–Kier alpha value is -0.440. The summed E-state index contributed by atoms with van der Waals surface area (Å²) in [4.78, 5) is 5.00. The molecule has 0 bridgehead atoms. The van der Waals surface area contributed by atoms with Crippen LogP contribution in [0.25, 0.3) is 0 Å². The van der Waals surface area contributed by atoms with Crippen molar-refractivity contribution < 1.29 is 0 Å². The molecule has 130 valence electrons. The summed E-state index contributed by atoms with van der Waals surface area (Å²) in [5, 5.41) is 1.28. The zero-order chi connectivity index (χ0) is 16.5. The molecule has 4 heteroatoms. The summed E-state index contributed by atoms with van der Waals surface area (Å²) in [6.07, 6.45) is 9.70. The van der Waals surface area contributed by atoms with E-state index in [2.05, 4.69) is 22.8 Å². The monoisotopic (exact) mass is 356 g/mol. The lowest BCUT2D eigenvalue weighted by Crippen LogP contribution is -2.46. The number of piperazine rings is 1. The van der Waals surface area contributed by atoms with Gasteiger partial charge in [-0.2, -0.15) is 0 Å². The van der Waals surface area contributed by atoms with Crippen molar-refractivity contribution in [3.8, 4) is 0 Å². The van der Waals surface area contributed by atoms with E-state index in [-0.39, 0.29) is 0 Å². The number of anilines is 1. The minimum atomic E-state index is 0.632. The van der Waals surface area contributed by atoms with Gasteiger partial charge in [-0.1, -0.05) is 68.7 Å². The fraction of sp³-hybridized carbons (Fsp3) is 0.684. The number of rotatable bonds is 9. The van der Waals surface area contributed by atoms with Crippen LogP contribution in [0.5, 0.6) is 0 Å². The minimum Gasteiger partial charge on any atom is -0.369 e. The van der Waals surface area contributed by atoms with Crippen molar-refractivity contribution in [3.05, 3.63) is 28.2 Å². The van der Waals surface area contributed by atoms with Crippen LogP contribution in [0, 0.1) is 0 Å². The second-order valence-electron chi connectivity index (χ2n) is 6.55. The van der Waals surface area contributed by atoms with Crippen LogP contribution in [-0.2, 0) is 0 Å². The van der Waals surface area contributed by atoms with E-state index in [1.807, 2.05) is 12.1 Å². The Bertz CT molecular complexity index is 457. The second kappa shape index (κ2) is 10.4. The van der Waals surface area contributed by atoms with E-state index in [0.29, 0.717) is 10.0 Å². The van der Waals surface area contributed by atoms with Gasteiger partial charge in [-0.3, -0.25) is 4.90 Å². The molecule has 0 aliphatic carbocycles. The summed E-state index contributed by atoms with van der Waals surface area (Å²) in [6, 6.07) is 5.94. The first-order valence-electron chi connectivity index (χ1n) is 9.13. The van der Waals surface area contributed by atoms with Gasteiger partial charge in [0.15, 0.2) is 0 Å². The Morgan fingerprint density at radius 1 is 0.826 bits per heavy atom. The lowest BCUT2D eigenvalue weighted by molar-refractivity contribution is 0.252. The zero-order valence-electron chi connectivity index (χ0n) is 14.4. The van der Waals surface area contributed by atoms with E-state index in [1.165, 1.54) is 57.2 Å². The highest BCUT2D eigenvalue weighted by molar-refractivity contribution is 6.42. The van der Waals surface area contributed by atoms with Crippen molar-refractivity contribution >= 4 is 28.9 Å². The highest BCUT2D eigenvalue weighted by Gasteiger charge is 2.17. The molecule has 1 aliphatic rings. The first kappa shape index (κ1) is 18.9. The largest absolute Gasteiger partial charge is 0.369 e. The van der Waals surface area contributed by atoms with Crippen LogP contribution in [0.4, 0.5) is 5.69 Å². The molecule has 1 aliphatic heterocycles. The molecule has 23 heavy (non-hydrogen) atoms. The Kier molecular flexibility index (Phi) is 8.57. The maximum Gasteiger partial charge on any atom is 0.0612 e. The normalized spacial score (nSPS) is 16.0. The van der Waals surface area contributed by atoms with Gasteiger partial charge in [-0.25, -0.2) is 0 Å². The molecule has 0 amide bonds. The Morgan fingerprint density at radius 2 is 1.48 bits per heavy atom. The highest BCUT2D eigenvalue weighted by Crippen LogP contribution is 2.27. The molecule has 2 rings (SSSR count). The van der Waals surface area contributed by atoms with Crippen LogP contribution < -0.4 is 4.90 Å². The predicted octanol–water partition coefficient (Wildman–Crippen LogP) is 5.87. The molecule has 1 saturated heterocycles. The molecule has 0 saturated carbocycles. The van der Waals surface area contributed by atoms with E-state index in [4.69, 9.17) is 23.2 Å². The quantitative estimate of drug-likeness (QED) is 0.510. The van der Waals surface area contributed by atoms with Gasteiger partial charge in [0, 0.05) is 31.9 Å². The number of nitrogens with zero attached hydrogens (tertiary/aromatic N) is 2. The maximum atomic E-state index is 6.12. The summed E-state index contributed by atoms with van der Waals surface area (Å²) in [6.45, 7) is 7.98. The van der Waals surface area contributed by atoms with Gasteiger partial charge in [0.2, 0.25) is 0 Å². The number of hydrogen-bond donors (Lipinski definition) is 0. The number of benzene rings is 1. The first-order valence-corrected chi connectivity index (χ1v) is 9.88. The van der Waals surface area contributed by atoms with Gasteiger partial charge in [0.25, 0.3) is 0 Å². The van der Waals surface area contributed by atoms with Crippen LogP contribution in [0.15, 0.2) is 18.2 Å². The van der Waals surface area contributed by atoms with E-state index in [1.54, 1.807) is 0 Å². The van der Waals surface area contributed by atoms with Crippen molar-refractivity contribution in [1.29, 1.82) is 0 Å². The van der Waals surface area contributed by atoms with E-state index in [0.717, 1.165) is 26.2 Å². The molecule has 0 radical (unpaired) electrons. The minimum absolute atomic E-state index is 0.632. The van der Waals surface area contributed by atoms with Crippen molar-refractivity contribution in [3.63, 3.8) is 0 Å². The molecule has 1 aromatic carbocycles. The standard InChI is InChI=1S/C19H30Cl2N2/c1-2-3-4-5-6-7-8-11-22-12-14-23(15-13-22)17-9-10-18(20)19(21)16-17/h9-10,16H,2-8,11-15H2,1H3. The van der Waals surface area contributed by atoms with E-state index in [9.17, 15) is 0 Å². The highest BCUT2D eigenvalue weighted by atomic mass is 35.5. The van der Waals surface area contributed by atoms with Crippen LogP contribution in [0.2, 0.25) is 10.0 Å².